The third kappa shape index (κ3) is 4.89. The summed E-state index contributed by atoms with van der Waals surface area (Å²) in [6, 6.07) is 11.5. The van der Waals surface area contributed by atoms with Crippen LogP contribution in [0.4, 0.5) is 10.5 Å². The normalized spacial score (nSPS) is 10.2. The number of ether oxygens (including phenoxy) is 2. The monoisotopic (exact) mass is 342 g/mol. The number of aryl methyl sites for hydroxylation is 2. The SMILES string of the molecule is CCOc1cccc(NC(=O)NC)c1COc1ccc(CC)cc1C. The highest BCUT2D eigenvalue weighted by Crippen LogP contribution is 2.29. The number of anilines is 1. The van der Waals surface area contributed by atoms with Gasteiger partial charge in [0.15, 0.2) is 0 Å². The Bertz CT molecular complexity index is 729. The molecule has 0 radical (unpaired) electrons. The second kappa shape index (κ2) is 8.97. The summed E-state index contributed by atoms with van der Waals surface area (Å²) in [6.45, 7) is 6.94. The van der Waals surface area contributed by atoms with Gasteiger partial charge >= 0.3 is 6.03 Å². The minimum absolute atomic E-state index is 0.279. The molecule has 134 valence electrons. The van der Waals surface area contributed by atoms with E-state index in [4.69, 9.17) is 9.47 Å². The Morgan fingerprint density at radius 3 is 2.52 bits per heavy atom. The van der Waals surface area contributed by atoms with Gasteiger partial charge < -0.3 is 20.1 Å². The van der Waals surface area contributed by atoms with Gasteiger partial charge in [-0.2, -0.15) is 0 Å². The van der Waals surface area contributed by atoms with Crippen molar-refractivity contribution in [1.82, 2.24) is 5.32 Å². The van der Waals surface area contributed by atoms with Gasteiger partial charge in [-0.15, -0.1) is 0 Å². The van der Waals surface area contributed by atoms with Gasteiger partial charge in [0.2, 0.25) is 0 Å². The van der Waals surface area contributed by atoms with Crippen molar-refractivity contribution in [2.24, 2.45) is 0 Å². The summed E-state index contributed by atoms with van der Waals surface area (Å²) < 4.78 is 11.7. The summed E-state index contributed by atoms with van der Waals surface area (Å²) in [5, 5.41) is 5.37. The van der Waals surface area contributed by atoms with Gasteiger partial charge in [0, 0.05) is 7.05 Å². The number of benzene rings is 2. The predicted molar refractivity (Wildman–Crippen MR) is 101 cm³/mol. The van der Waals surface area contributed by atoms with Crippen LogP contribution in [0.2, 0.25) is 0 Å². The highest BCUT2D eigenvalue weighted by molar-refractivity contribution is 5.90. The Hall–Kier alpha value is -2.69. The fourth-order valence-corrected chi connectivity index (χ4v) is 2.55. The van der Waals surface area contributed by atoms with E-state index in [2.05, 4.69) is 29.7 Å². The molecule has 0 aromatic heterocycles. The lowest BCUT2D eigenvalue weighted by Crippen LogP contribution is -2.25. The molecule has 0 bridgehead atoms. The first-order valence-electron chi connectivity index (χ1n) is 8.54. The lowest BCUT2D eigenvalue weighted by Gasteiger charge is -2.17. The molecule has 0 aliphatic heterocycles. The average Bonchev–Trinajstić information content (AvgIpc) is 2.62. The Morgan fingerprint density at radius 1 is 1.08 bits per heavy atom. The number of amides is 2. The van der Waals surface area contributed by atoms with Crippen molar-refractivity contribution in [2.75, 3.05) is 19.0 Å². The molecule has 0 aliphatic carbocycles. The van der Waals surface area contributed by atoms with Gasteiger partial charge in [-0.1, -0.05) is 25.1 Å². The van der Waals surface area contributed by atoms with E-state index >= 15 is 0 Å². The zero-order valence-electron chi connectivity index (χ0n) is 15.3. The van der Waals surface area contributed by atoms with Crippen molar-refractivity contribution in [1.29, 1.82) is 0 Å². The van der Waals surface area contributed by atoms with Gasteiger partial charge in [0.1, 0.15) is 18.1 Å². The standard InChI is InChI=1S/C20H26N2O3/c1-5-15-10-11-18(14(3)12-15)25-13-16-17(22-20(23)21-4)8-7-9-19(16)24-6-2/h7-12H,5-6,13H2,1-4H3,(H2,21,22,23). The van der Waals surface area contributed by atoms with E-state index in [1.165, 1.54) is 5.56 Å². The fourth-order valence-electron chi connectivity index (χ4n) is 2.55. The van der Waals surface area contributed by atoms with Crippen LogP contribution in [0.1, 0.15) is 30.5 Å². The van der Waals surface area contributed by atoms with Crippen molar-refractivity contribution in [3.05, 3.63) is 53.1 Å². The van der Waals surface area contributed by atoms with Gasteiger partial charge in [-0.25, -0.2) is 4.79 Å². The summed E-state index contributed by atoms with van der Waals surface area (Å²) in [4.78, 5) is 11.7. The van der Waals surface area contributed by atoms with E-state index in [1.54, 1.807) is 7.05 Å². The van der Waals surface area contributed by atoms with Crippen LogP contribution in [0.15, 0.2) is 36.4 Å². The molecule has 2 aromatic rings. The molecule has 0 saturated carbocycles. The molecule has 0 spiro atoms. The topological polar surface area (TPSA) is 59.6 Å². The average molecular weight is 342 g/mol. The fraction of sp³-hybridized carbons (Fsp3) is 0.350. The Balaban J connectivity index is 2.25. The van der Waals surface area contributed by atoms with E-state index in [9.17, 15) is 4.79 Å². The molecule has 0 fully saturated rings. The molecular weight excluding hydrogens is 316 g/mol. The summed E-state index contributed by atoms with van der Waals surface area (Å²) in [7, 11) is 1.58. The number of carbonyl (C=O) groups excluding carboxylic acids is 1. The Labute approximate surface area is 149 Å². The molecule has 2 rings (SSSR count). The molecule has 0 atom stereocenters. The van der Waals surface area contributed by atoms with Gasteiger partial charge in [-0.05, 0) is 49.6 Å². The van der Waals surface area contributed by atoms with Crippen LogP contribution in [0.25, 0.3) is 0 Å². The largest absolute Gasteiger partial charge is 0.493 e. The number of urea groups is 1. The van der Waals surface area contributed by atoms with Gasteiger partial charge in [0.25, 0.3) is 0 Å². The number of hydrogen-bond donors (Lipinski definition) is 2. The lowest BCUT2D eigenvalue weighted by atomic mass is 10.1. The van der Waals surface area contributed by atoms with Crippen LogP contribution in [-0.4, -0.2) is 19.7 Å². The summed E-state index contributed by atoms with van der Waals surface area (Å²) in [5.41, 5.74) is 3.86. The first kappa shape index (κ1) is 18.6. The molecule has 0 unspecified atom stereocenters. The van der Waals surface area contributed by atoms with E-state index in [1.807, 2.05) is 38.1 Å². The number of rotatable bonds is 7. The smallest absolute Gasteiger partial charge is 0.318 e. The third-order valence-electron chi connectivity index (χ3n) is 3.93. The Morgan fingerprint density at radius 2 is 1.88 bits per heavy atom. The van der Waals surface area contributed by atoms with Crippen LogP contribution in [-0.2, 0) is 13.0 Å². The highest BCUT2D eigenvalue weighted by Gasteiger charge is 2.13. The lowest BCUT2D eigenvalue weighted by molar-refractivity contribution is 0.253. The molecule has 25 heavy (non-hydrogen) atoms. The molecule has 0 aliphatic rings. The number of nitrogens with one attached hydrogen (secondary N) is 2. The van der Waals surface area contributed by atoms with Crippen LogP contribution < -0.4 is 20.1 Å². The van der Waals surface area contributed by atoms with Crippen LogP contribution in [0.5, 0.6) is 11.5 Å². The summed E-state index contributed by atoms with van der Waals surface area (Å²) >= 11 is 0. The van der Waals surface area contributed by atoms with Crippen molar-refractivity contribution in [3.63, 3.8) is 0 Å². The van der Waals surface area contributed by atoms with Crippen LogP contribution >= 0.6 is 0 Å². The van der Waals surface area contributed by atoms with E-state index in [0.717, 1.165) is 23.3 Å². The van der Waals surface area contributed by atoms with Crippen molar-refractivity contribution >= 4 is 11.7 Å². The van der Waals surface area contributed by atoms with Crippen LogP contribution in [0, 0.1) is 6.92 Å². The molecule has 2 amide bonds. The first-order chi connectivity index (χ1) is 12.1. The molecular formula is C20H26N2O3. The van der Waals surface area contributed by atoms with Crippen molar-refractivity contribution < 1.29 is 14.3 Å². The number of carbonyl (C=O) groups is 1. The number of hydrogen-bond acceptors (Lipinski definition) is 3. The zero-order valence-corrected chi connectivity index (χ0v) is 15.3. The molecule has 0 heterocycles. The van der Waals surface area contributed by atoms with E-state index < -0.39 is 0 Å². The first-order valence-corrected chi connectivity index (χ1v) is 8.54. The van der Waals surface area contributed by atoms with Crippen molar-refractivity contribution in [3.8, 4) is 11.5 Å². The summed E-state index contributed by atoms with van der Waals surface area (Å²) in [5.74, 6) is 1.54. The maximum Gasteiger partial charge on any atom is 0.318 e. The highest BCUT2D eigenvalue weighted by atomic mass is 16.5. The molecule has 0 saturated heterocycles. The van der Waals surface area contributed by atoms with Gasteiger partial charge in [0.05, 0.1) is 17.9 Å². The van der Waals surface area contributed by atoms with E-state index in [-0.39, 0.29) is 6.03 Å². The molecule has 5 nitrogen and oxygen atoms in total. The van der Waals surface area contributed by atoms with Crippen LogP contribution in [0.3, 0.4) is 0 Å². The minimum Gasteiger partial charge on any atom is -0.493 e. The summed E-state index contributed by atoms with van der Waals surface area (Å²) in [6.07, 6.45) is 0.995. The maximum atomic E-state index is 11.7. The quantitative estimate of drug-likeness (QED) is 0.789. The minimum atomic E-state index is -0.279. The third-order valence-corrected chi connectivity index (χ3v) is 3.93. The molecule has 2 aromatic carbocycles. The van der Waals surface area contributed by atoms with Crippen molar-refractivity contribution in [2.45, 2.75) is 33.8 Å². The second-order valence-electron chi connectivity index (χ2n) is 5.66. The second-order valence-corrected chi connectivity index (χ2v) is 5.66. The Kier molecular flexibility index (Phi) is 6.69. The van der Waals surface area contributed by atoms with E-state index in [0.29, 0.717) is 24.7 Å². The molecule has 2 N–H and O–H groups in total. The zero-order chi connectivity index (χ0) is 18.2. The molecule has 5 heteroatoms. The maximum absolute atomic E-state index is 11.7. The predicted octanol–water partition coefficient (Wildman–Crippen LogP) is 4.29. The van der Waals surface area contributed by atoms with Gasteiger partial charge in [-0.3, -0.25) is 0 Å².